The molecular formula is C22H22F2N2O2. The van der Waals surface area contributed by atoms with E-state index in [1.54, 1.807) is 18.2 Å². The van der Waals surface area contributed by atoms with Crippen LogP contribution in [0.5, 0.6) is 0 Å². The zero-order chi connectivity index (χ0) is 19.8. The Kier molecular flexibility index (Phi) is 4.87. The molecule has 0 N–H and O–H groups in total. The van der Waals surface area contributed by atoms with Crippen molar-refractivity contribution in [2.45, 2.75) is 39.2 Å². The summed E-state index contributed by atoms with van der Waals surface area (Å²) in [4.78, 5) is 19.0. The van der Waals surface area contributed by atoms with Crippen molar-refractivity contribution in [3.05, 3.63) is 53.9 Å². The summed E-state index contributed by atoms with van der Waals surface area (Å²) in [5.41, 5.74) is 2.09. The minimum atomic E-state index is -0.621. The molecule has 1 aromatic heterocycles. The highest BCUT2D eigenvalue weighted by molar-refractivity contribution is 5.81. The van der Waals surface area contributed by atoms with Gasteiger partial charge in [-0.2, -0.15) is 0 Å². The summed E-state index contributed by atoms with van der Waals surface area (Å²) >= 11 is 0. The second-order valence-electron chi connectivity index (χ2n) is 7.70. The van der Waals surface area contributed by atoms with E-state index < -0.39 is 11.6 Å². The van der Waals surface area contributed by atoms with Gasteiger partial charge in [-0.1, -0.05) is 19.9 Å². The Morgan fingerprint density at radius 1 is 1.25 bits per heavy atom. The predicted molar refractivity (Wildman–Crippen MR) is 103 cm³/mol. The number of oxazole rings is 1. The lowest BCUT2D eigenvalue weighted by Gasteiger charge is -2.23. The molecule has 0 radical (unpaired) electrons. The van der Waals surface area contributed by atoms with Gasteiger partial charge >= 0.3 is 0 Å². The lowest BCUT2D eigenvalue weighted by molar-refractivity contribution is -0.133. The number of fused-ring (bicyclic) bond motifs is 1. The SMILES string of the molecule is CC(C)CC(=O)N1CCCC1c1nc2cc(-c3ccc(F)cc3F)ccc2o1. The largest absolute Gasteiger partial charge is 0.438 e. The molecule has 1 fully saturated rings. The van der Waals surface area contributed by atoms with Gasteiger partial charge in [0, 0.05) is 24.6 Å². The quantitative estimate of drug-likeness (QED) is 0.598. The van der Waals surface area contributed by atoms with E-state index in [-0.39, 0.29) is 11.9 Å². The van der Waals surface area contributed by atoms with Crippen LogP contribution < -0.4 is 0 Å². The number of nitrogens with zero attached hydrogens (tertiary/aromatic N) is 2. The first-order chi connectivity index (χ1) is 13.4. The summed E-state index contributed by atoms with van der Waals surface area (Å²) in [7, 11) is 0. The van der Waals surface area contributed by atoms with Gasteiger partial charge in [-0.25, -0.2) is 13.8 Å². The maximum absolute atomic E-state index is 14.1. The van der Waals surface area contributed by atoms with E-state index in [2.05, 4.69) is 4.98 Å². The van der Waals surface area contributed by atoms with Crippen LogP contribution in [0.3, 0.4) is 0 Å². The number of aromatic nitrogens is 1. The standard InChI is InChI=1S/C22H22F2N2O2/c1-13(2)10-21(27)26-9-3-4-19(26)22-25-18-11-14(5-8-20(18)28-22)16-7-6-15(23)12-17(16)24/h5-8,11-13,19H,3-4,9-10H2,1-2H3. The van der Waals surface area contributed by atoms with Gasteiger partial charge in [0.05, 0.1) is 0 Å². The molecule has 0 saturated carbocycles. The molecule has 1 atom stereocenters. The summed E-state index contributed by atoms with van der Waals surface area (Å²) in [6.45, 7) is 4.76. The van der Waals surface area contributed by atoms with Gasteiger partial charge < -0.3 is 9.32 Å². The average molecular weight is 384 g/mol. The third kappa shape index (κ3) is 3.51. The second kappa shape index (κ2) is 7.34. The van der Waals surface area contributed by atoms with Crippen molar-refractivity contribution >= 4 is 17.0 Å². The lowest BCUT2D eigenvalue weighted by Crippen LogP contribution is -2.31. The molecule has 1 aliphatic rings. The van der Waals surface area contributed by atoms with E-state index in [1.165, 1.54) is 12.1 Å². The van der Waals surface area contributed by atoms with E-state index in [0.29, 0.717) is 47.0 Å². The molecule has 0 bridgehead atoms. The molecule has 4 nitrogen and oxygen atoms in total. The number of rotatable bonds is 4. The highest BCUT2D eigenvalue weighted by Crippen LogP contribution is 2.35. The molecule has 4 rings (SSSR count). The fourth-order valence-corrected chi connectivity index (χ4v) is 3.77. The molecule has 1 unspecified atom stereocenters. The van der Waals surface area contributed by atoms with E-state index in [0.717, 1.165) is 18.9 Å². The van der Waals surface area contributed by atoms with E-state index in [4.69, 9.17) is 4.42 Å². The van der Waals surface area contributed by atoms with E-state index >= 15 is 0 Å². The third-order valence-electron chi connectivity index (χ3n) is 5.09. The Balaban J connectivity index is 1.65. The Labute approximate surface area is 162 Å². The molecule has 6 heteroatoms. The summed E-state index contributed by atoms with van der Waals surface area (Å²) < 4.78 is 33.2. The minimum Gasteiger partial charge on any atom is -0.438 e. The summed E-state index contributed by atoms with van der Waals surface area (Å²) in [6, 6.07) is 8.54. The highest BCUT2D eigenvalue weighted by Gasteiger charge is 2.33. The summed E-state index contributed by atoms with van der Waals surface area (Å²) in [5.74, 6) is -0.302. The van der Waals surface area contributed by atoms with Crippen LogP contribution in [0.1, 0.15) is 45.0 Å². The van der Waals surface area contributed by atoms with Crippen LogP contribution >= 0.6 is 0 Å². The maximum atomic E-state index is 14.1. The Morgan fingerprint density at radius 3 is 2.82 bits per heavy atom. The van der Waals surface area contributed by atoms with E-state index in [1.807, 2.05) is 18.7 Å². The first-order valence-electron chi connectivity index (χ1n) is 9.58. The molecule has 2 aromatic carbocycles. The average Bonchev–Trinajstić information content (AvgIpc) is 3.27. The third-order valence-corrected chi connectivity index (χ3v) is 5.09. The number of benzene rings is 2. The summed E-state index contributed by atoms with van der Waals surface area (Å²) in [6.07, 6.45) is 2.24. The van der Waals surface area contributed by atoms with Crippen LogP contribution in [-0.4, -0.2) is 22.3 Å². The van der Waals surface area contributed by atoms with Gasteiger partial charge in [0.2, 0.25) is 11.8 Å². The van der Waals surface area contributed by atoms with Crippen LogP contribution in [0.15, 0.2) is 40.8 Å². The smallest absolute Gasteiger partial charge is 0.223 e. The number of amides is 1. The molecule has 1 saturated heterocycles. The fourth-order valence-electron chi connectivity index (χ4n) is 3.77. The van der Waals surface area contributed by atoms with E-state index in [9.17, 15) is 13.6 Å². The van der Waals surface area contributed by atoms with Crippen molar-refractivity contribution < 1.29 is 18.0 Å². The van der Waals surface area contributed by atoms with Crippen molar-refractivity contribution in [2.24, 2.45) is 5.92 Å². The normalized spacial score (nSPS) is 17.0. The van der Waals surface area contributed by atoms with Crippen LogP contribution in [0, 0.1) is 17.6 Å². The maximum Gasteiger partial charge on any atom is 0.223 e. The number of hydrogen-bond acceptors (Lipinski definition) is 3. The topological polar surface area (TPSA) is 46.3 Å². The van der Waals surface area contributed by atoms with Gasteiger partial charge in [0.25, 0.3) is 0 Å². The van der Waals surface area contributed by atoms with Gasteiger partial charge in [-0.05, 0) is 48.6 Å². The lowest BCUT2D eigenvalue weighted by atomic mass is 10.0. The highest BCUT2D eigenvalue weighted by atomic mass is 19.1. The van der Waals surface area contributed by atoms with Crippen LogP contribution in [-0.2, 0) is 4.79 Å². The van der Waals surface area contributed by atoms with Crippen molar-refractivity contribution in [1.82, 2.24) is 9.88 Å². The molecule has 28 heavy (non-hydrogen) atoms. The van der Waals surface area contributed by atoms with Gasteiger partial charge in [-0.15, -0.1) is 0 Å². The zero-order valence-corrected chi connectivity index (χ0v) is 15.9. The molecular weight excluding hydrogens is 362 g/mol. The van der Waals surface area contributed by atoms with Crippen LogP contribution in [0.2, 0.25) is 0 Å². The fraction of sp³-hybridized carbons (Fsp3) is 0.364. The molecule has 1 amide bonds. The first-order valence-corrected chi connectivity index (χ1v) is 9.58. The molecule has 2 heterocycles. The molecule has 0 aliphatic carbocycles. The Morgan fingerprint density at radius 2 is 2.07 bits per heavy atom. The summed E-state index contributed by atoms with van der Waals surface area (Å²) in [5, 5.41) is 0. The Bertz CT molecular complexity index is 1030. The van der Waals surface area contributed by atoms with Crippen molar-refractivity contribution in [2.75, 3.05) is 6.54 Å². The molecule has 0 spiro atoms. The second-order valence-corrected chi connectivity index (χ2v) is 7.70. The monoisotopic (exact) mass is 384 g/mol. The first kappa shape index (κ1) is 18.6. The predicted octanol–water partition coefficient (Wildman–Crippen LogP) is 5.48. The number of hydrogen-bond donors (Lipinski definition) is 0. The number of likely N-dealkylation sites (tertiary alicyclic amines) is 1. The van der Waals surface area contributed by atoms with Crippen molar-refractivity contribution in [3.8, 4) is 11.1 Å². The van der Waals surface area contributed by atoms with Crippen molar-refractivity contribution in [1.29, 1.82) is 0 Å². The number of halogens is 2. The van der Waals surface area contributed by atoms with Gasteiger partial charge in [0.1, 0.15) is 23.2 Å². The van der Waals surface area contributed by atoms with Crippen molar-refractivity contribution in [3.63, 3.8) is 0 Å². The molecule has 146 valence electrons. The zero-order valence-electron chi connectivity index (χ0n) is 15.9. The number of carbonyl (C=O) groups excluding carboxylic acids is 1. The van der Waals surface area contributed by atoms with Gasteiger partial charge in [-0.3, -0.25) is 4.79 Å². The molecule has 3 aromatic rings. The minimum absolute atomic E-state index is 0.119. The number of carbonyl (C=O) groups is 1. The van der Waals surface area contributed by atoms with Crippen LogP contribution in [0.25, 0.3) is 22.2 Å². The van der Waals surface area contributed by atoms with Gasteiger partial charge in [0.15, 0.2) is 5.58 Å². The van der Waals surface area contributed by atoms with Crippen LogP contribution in [0.4, 0.5) is 8.78 Å². The molecule has 1 aliphatic heterocycles. The Hall–Kier alpha value is -2.76.